The van der Waals surface area contributed by atoms with Crippen molar-refractivity contribution in [2.75, 3.05) is 49.1 Å². The Hall–Kier alpha value is -3.51. The monoisotopic (exact) mass is 518 g/mol. The number of nitro benzene ring substituents is 2. The second-order valence-electron chi connectivity index (χ2n) is 8.25. The van der Waals surface area contributed by atoms with E-state index in [1.54, 1.807) is 23.1 Å². The number of para-hydroxylation sites is 1. The quantitative estimate of drug-likeness (QED) is 0.359. The molecule has 0 saturated carbocycles. The molecule has 184 valence electrons. The van der Waals surface area contributed by atoms with Crippen molar-refractivity contribution in [2.24, 2.45) is 0 Å². The van der Waals surface area contributed by atoms with Gasteiger partial charge in [-0.1, -0.05) is 17.7 Å². The molecule has 11 nitrogen and oxygen atoms in total. The van der Waals surface area contributed by atoms with E-state index in [9.17, 15) is 25.0 Å². The highest BCUT2D eigenvalue weighted by molar-refractivity contribution is 7.80. The van der Waals surface area contributed by atoms with Crippen molar-refractivity contribution in [2.45, 2.75) is 12.8 Å². The summed E-state index contributed by atoms with van der Waals surface area (Å²) >= 11 is 11.6. The first kappa shape index (κ1) is 24.6. The summed E-state index contributed by atoms with van der Waals surface area (Å²) in [6.45, 7) is 3.15. The number of hydrogen-bond donors (Lipinski definition) is 1. The number of thiocarbonyl (C=S) groups is 1. The van der Waals surface area contributed by atoms with Gasteiger partial charge >= 0.3 is 0 Å². The van der Waals surface area contributed by atoms with Gasteiger partial charge in [0.05, 0.1) is 14.9 Å². The zero-order valence-corrected chi connectivity index (χ0v) is 20.3. The van der Waals surface area contributed by atoms with Gasteiger partial charge in [0.15, 0.2) is 5.11 Å². The van der Waals surface area contributed by atoms with Gasteiger partial charge in [-0.25, -0.2) is 0 Å². The SMILES string of the molecule is O=C(NC(=S)N1CCN(c2c(Cl)cccc2[N+](=O)[O-])CC1)c1ccc(N2CCCC2)c([N+](=O)[O-])c1. The Kier molecular flexibility index (Phi) is 7.31. The third-order valence-electron chi connectivity index (χ3n) is 6.15. The molecule has 4 rings (SSSR count). The van der Waals surface area contributed by atoms with Crippen LogP contribution in [0.4, 0.5) is 22.7 Å². The van der Waals surface area contributed by atoms with Crippen molar-refractivity contribution < 1.29 is 14.6 Å². The first-order chi connectivity index (χ1) is 16.8. The first-order valence-electron chi connectivity index (χ1n) is 11.1. The smallest absolute Gasteiger partial charge is 0.294 e. The van der Waals surface area contributed by atoms with Crippen molar-refractivity contribution in [3.63, 3.8) is 0 Å². The molecule has 0 atom stereocenters. The molecule has 2 heterocycles. The minimum atomic E-state index is -0.532. The molecule has 35 heavy (non-hydrogen) atoms. The lowest BCUT2D eigenvalue weighted by Crippen LogP contribution is -2.52. The topological polar surface area (TPSA) is 125 Å². The molecule has 0 radical (unpaired) electrons. The molecule has 2 saturated heterocycles. The zero-order valence-electron chi connectivity index (χ0n) is 18.7. The average molecular weight is 519 g/mol. The molecule has 2 aromatic rings. The number of piperazine rings is 1. The van der Waals surface area contributed by atoms with E-state index in [1.165, 1.54) is 18.2 Å². The maximum atomic E-state index is 12.8. The van der Waals surface area contributed by atoms with Gasteiger partial charge in [0.2, 0.25) is 0 Å². The Morgan fingerprint density at radius 1 is 0.914 bits per heavy atom. The molecule has 13 heteroatoms. The Labute approximate surface area is 211 Å². The van der Waals surface area contributed by atoms with Crippen LogP contribution in [0.5, 0.6) is 0 Å². The van der Waals surface area contributed by atoms with E-state index in [2.05, 4.69) is 5.32 Å². The summed E-state index contributed by atoms with van der Waals surface area (Å²) in [4.78, 5) is 40.4. The lowest BCUT2D eigenvalue weighted by Gasteiger charge is -2.37. The van der Waals surface area contributed by atoms with Gasteiger partial charge in [0, 0.05) is 57.0 Å². The van der Waals surface area contributed by atoms with E-state index < -0.39 is 15.8 Å². The number of nitrogens with one attached hydrogen (secondary N) is 1. The Bertz CT molecular complexity index is 1180. The minimum Gasteiger partial charge on any atom is -0.366 e. The number of carbonyl (C=O) groups is 1. The van der Waals surface area contributed by atoms with Crippen LogP contribution in [-0.4, -0.2) is 65.0 Å². The largest absolute Gasteiger partial charge is 0.366 e. The maximum absolute atomic E-state index is 12.8. The first-order valence-corrected chi connectivity index (χ1v) is 11.9. The highest BCUT2D eigenvalue weighted by Gasteiger charge is 2.28. The minimum absolute atomic E-state index is 0.0687. The number of halogens is 1. The average Bonchev–Trinajstić information content (AvgIpc) is 3.38. The van der Waals surface area contributed by atoms with Crippen molar-refractivity contribution >= 4 is 57.6 Å². The molecule has 0 aromatic heterocycles. The summed E-state index contributed by atoms with van der Waals surface area (Å²) < 4.78 is 0. The van der Waals surface area contributed by atoms with Crippen molar-refractivity contribution in [1.29, 1.82) is 0 Å². The molecular weight excluding hydrogens is 496 g/mol. The van der Waals surface area contributed by atoms with Crippen LogP contribution in [0.1, 0.15) is 23.2 Å². The molecule has 2 aliphatic heterocycles. The van der Waals surface area contributed by atoms with Crippen LogP contribution in [0.2, 0.25) is 5.02 Å². The maximum Gasteiger partial charge on any atom is 0.294 e. The lowest BCUT2D eigenvalue weighted by molar-refractivity contribution is -0.384. The Morgan fingerprint density at radius 2 is 1.57 bits per heavy atom. The van der Waals surface area contributed by atoms with E-state index in [-0.39, 0.29) is 22.1 Å². The summed E-state index contributed by atoms with van der Waals surface area (Å²) in [7, 11) is 0. The van der Waals surface area contributed by atoms with Gasteiger partial charge in [-0.15, -0.1) is 0 Å². The number of nitro groups is 2. The van der Waals surface area contributed by atoms with Crippen molar-refractivity contribution in [3.05, 3.63) is 67.2 Å². The fraction of sp³-hybridized carbons (Fsp3) is 0.364. The van der Waals surface area contributed by atoms with Crippen LogP contribution in [-0.2, 0) is 0 Å². The number of hydrogen-bond acceptors (Lipinski definition) is 8. The van der Waals surface area contributed by atoms with Crippen molar-refractivity contribution in [1.82, 2.24) is 10.2 Å². The van der Waals surface area contributed by atoms with Crippen molar-refractivity contribution in [3.8, 4) is 0 Å². The molecule has 0 unspecified atom stereocenters. The predicted molar refractivity (Wildman–Crippen MR) is 136 cm³/mol. The summed E-state index contributed by atoms with van der Waals surface area (Å²) in [5.41, 5.74) is 0.837. The molecule has 2 aromatic carbocycles. The van der Waals surface area contributed by atoms with Gasteiger partial charge in [0.25, 0.3) is 17.3 Å². The number of benzene rings is 2. The van der Waals surface area contributed by atoms with E-state index >= 15 is 0 Å². The van der Waals surface area contributed by atoms with Gasteiger partial charge < -0.3 is 14.7 Å². The van der Waals surface area contributed by atoms with E-state index in [0.717, 1.165) is 25.9 Å². The zero-order chi connectivity index (χ0) is 25.1. The number of carbonyl (C=O) groups excluding carboxylic acids is 1. The Morgan fingerprint density at radius 3 is 2.20 bits per heavy atom. The highest BCUT2D eigenvalue weighted by Crippen LogP contribution is 2.36. The molecule has 0 bridgehead atoms. The van der Waals surface area contributed by atoms with Crippen LogP contribution in [0.25, 0.3) is 0 Å². The van der Waals surface area contributed by atoms with Crippen LogP contribution in [0.15, 0.2) is 36.4 Å². The highest BCUT2D eigenvalue weighted by atomic mass is 35.5. The standard InChI is InChI=1S/C22H23ClN6O5S/c23-16-4-3-5-18(28(31)32)20(16)26-10-12-27(13-11-26)22(35)24-21(30)15-6-7-17(19(14-15)29(33)34)25-8-1-2-9-25/h3-7,14H,1-2,8-13H2,(H,24,30,35). The number of rotatable bonds is 5. The van der Waals surface area contributed by atoms with E-state index in [1.807, 2.05) is 9.80 Å². The lowest BCUT2D eigenvalue weighted by atomic mass is 10.1. The van der Waals surface area contributed by atoms with E-state index in [0.29, 0.717) is 42.6 Å². The third kappa shape index (κ3) is 5.28. The summed E-state index contributed by atoms with van der Waals surface area (Å²) in [5.74, 6) is -0.532. The van der Waals surface area contributed by atoms with Crippen LogP contribution in [0.3, 0.4) is 0 Å². The van der Waals surface area contributed by atoms with Gasteiger partial charge in [-0.2, -0.15) is 0 Å². The molecule has 2 aliphatic rings. The van der Waals surface area contributed by atoms with Gasteiger partial charge in [0.1, 0.15) is 11.4 Å². The van der Waals surface area contributed by atoms with Gasteiger partial charge in [-0.05, 0) is 43.3 Å². The normalized spacial score (nSPS) is 15.7. The van der Waals surface area contributed by atoms with Crippen LogP contribution in [0, 0.1) is 20.2 Å². The molecule has 2 fully saturated rings. The number of nitrogens with zero attached hydrogens (tertiary/aromatic N) is 5. The number of amides is 1. The summed E-state index contributed by atoms with van der Waals surface area (Å²) in [6.07, 6.45) is 1.95. The van der Waals surface area contributed by atoms with Crippen LogP contribution >= 0.6 is 23.8 Å². The molecule has 1 amide bonds. The predicted octanol–water partition coefficient (Wildman–Crippen LogP) is 3.59. The Balaban J connectivity index is 1.41. The van der Waals surface area contributed by atoms with Crippen LogP contribution < -0.4 is 15.1 Å². The van der Waals surface area contributed by atoms with Gasteiger partial charge in [-0.3, -0.25) is 30.3 Å². The second kappa shape index (κ2) is 10.4. The van der Waals surface area contributed by atoms with E-state index in [4.69, 9.17) is 23.8 Å². The molecular formula is C22H23ClN6O5S. The summed E-state index contributed by atoms with van der Waals surface area (Å²) in [6, 6.07) is 9.00. The fourth-order valence-corrected chi connectivity index (χ4v) is 4.95. The molecule has 0 spiro atoms. The molecule has 0 aliphatic carbocycles. The number of anilines is 2. The molecule has 1 N–H and O–H groups in total. The third-order valence-corrected chi connectivity index (χ3v) is 6.81. The fourth-order valence-electron chi connectivity index (χ4n) is 4.38. The second-order valence-corrected chi connectivity index (χ2v) is 9.05. The summed E-state index contributed by atoms with van der Waals surface area (Å²) in [5, 5.41) is 26.2.